The van der Waals surface area contributed by atoms with E-state index in [0.29, 0.717) is 0 Å². The summed E-state index contributed by atoms with van der Waals surface area (Å²) >= 11 is 0. The van der Waals surface area contributed by atoms with Crippen LogP contribution in [0, 0.1) is 12.3 Å². The number of terminal acetylenes is 1. The first-order valence-electron chi connectivity index (χ1n) is 2.91. The molecule has 0 aromatic carbocycles. The fourth-order valence-corrected chi connectivity index (χ4v) is 0.501. The molecule has 0 radical (unpaired) electrons. The Morgan fingerprint density at radius 3 is 2.40 bits per heavy atom. The van der Waals surface area contributed by atoms with Crippen molar-refractivity contribution < 1.29 is 0 Å². The predicted octanol–water partition coefficient (Wildman–Crippen LogP) is 0.885. The van der Waals surface area contributed by atoms with Crippen LogP contribution in [0.15, 0.2) is 23.9 Å². The van der Waals surface area contributed by atoms with Crippen LogP contribution in [-0.2, 0) is 0 Å². The third-order valence-electron chi connectivity index (χ3n) is 1.28. The van der Waals surface area contributed by atoms with Gasteiger partial charge in [0.25, 0.3) is 0 Å². The van der Waals surface area contributed by atoms with Gasteiger partial charge in [0.2, 0.25) is 0 Å². The van der Waals surface area contributed by atoms with Crippen molar-refractivity contribution in [2.24, 2.45) is 5.84 Å². The number of hydrogen-bond acceptors (Lipinski definition) is 2. The van der Waals surface area contributed by atoms with Gasteiger partial charge in [0, 0.05) is 18.3 Å². The summed E-state index contributed by atoms with van der Waals surface area (Å²) in [5.41, 5.74) is 1.57. The average Bonchev–Trinajstić information content (AvgIpc) is 1.90. The largest absolute Gasteiger partial charge is 0.317 e. The van der Waals surface area contributed by atoms with Gasteiger partial charge in [0.05, 0.1) is 0 Å². The highest BCUT2D eigenvalue weighted by Gasteiger charge is 1.95. The molecule has 0 aliphatic carbocycles. The van der Waals surface area contributed by atoms with Gasteiger partial charge in [-0.15, -0.1) is 6.42 Å². The second kappa shape index (κ2) is 3.76. The molecule has 0 saturated heterocycles. The molecule has 0 heterocycles. The molecule has 0 saturated carbocycles. The lowest BCUT2D eigenvalue weighted by atomic mass is 10.2. The fourth-order valence-electron chi connectivity index (χ4n) is 0.501. The molecule has 0 atom stereocenters. The van der Waals surface area contributed by atoms with Crippen molar-refractivity contribution in [1.82, 2.24) is 5.01 Å². The molecule has 0 aromatic rings. The molecule has 2 N–H and O–H groups in total. The van der Waals surface area contributed by atoms with Crippen LogP contribution in [0.4, 0.5) is 0 Å². The average molecular weight is 136 g/mol. The van der Waals surface area contributed by atoms with Crippen LogP contribution in [0.5, 0.6) is 0 Å². The zero-order valence-corrected chi connectivity index (χ0v) is 6.39. The minimum absolute atomic E-state index is 0.727. The van der Waals surface area contributed by atoms with Crippen LogP contribution in [-0.4, -0.2) is 12.1 Å². The Kier molecular flexibility index (Phi) is 3.30. The van der Waals surface area contributed by atoms with Gasteiger partial charge in [-0.05, 0) is 6.92 Å². The van der Waals surface area contributed by atoms with Crippen molar-refractivity contribution in [2.45, 2.75) is 6.92 Å². The second-order valence-corrected chi connectivity index (χ2v) is 1.96. The minimum Gasteiger partial charge on any atom is -0.317 e. The number of nitrogens with two attached hydrogens (primary N) is 1. The zero-order chi connectivity index (χ0) is 8.15. The first-order chi connectivity index (χ1) is 4.63. The first-order valence-corrected chi connectivity index (χ1v) is 2.91. The molecule has 2 heteroatoms. The quantitative estimate of drug-likeness (QED) is 0.264. The Labute approximate surface area is 62.0 Å². The van der Waals surface area contributed by atoms with Crippen LogP contribution in [0.3, 0.4) is 0 Å². The third-order valence-corrected chi connectivity index (χ3v) is 1.28. The van der Waals surface area contributed by atoms with E-state index < -0.39 is 0 Å². The summed E-state index contributed by atoms with van der Waals surface area (Å²) in [5, 5.41) is 1.47. The van der Waals surface area contributed by atoms with E-state index in [9.17, 15) is 0 Å². The van der Waals surface area contributed by atoms with E-state index in [-0.39, 0.29) is 0 Å². The van der Waals surface area contributed by atoms with Crippen molar-refractivity contribution in [1.29, 1.82) is 0 Å². The Morgan fingerprint density at radius 2 is 2.30 bits per heavy atom. The third kappa shape index (κ3) is 1.96. The Balaban J connectivity index is 4.64. The van der Waals surface area contributed by atoms with E-state index in [4.69, 9.17) is 12.3 Å². The standard InChI is InChI=1S/C8H12N2/c1-5-8(6-2)7(3)10(4)9/h1,6H,2,9H2,3-4H3/b8-7-. The number of hydrogen-bond donors (Lipinski definition) is 1. The van der Waals surface area contributed by atoms with Crippen molar-refractivity contribution in [3.63, 3.8) is 0 Å². The second-order valence-electron chi connectivity index (χ2n) is 1.96. The molecule has 2 nitrogen and oxygen atoms in total. The van der Waals surface area contributed by atoms with Crippen molar-refractivity contribution in [3.8, 4) is 12.3 Å². The molecule has 0 unspecified atom stereocenters. The lowest BCUT2D eigenvalue weighted by molar-refractivity contribution is 0.440. The lowest BCUT2D eigenvalue weighted by Gasteiger charge is -2.12. The number of hydrazine groups is 1. The lowest BCUT2D eigenvalue weighted by Crippen LogP contribution is -2.24. The van der Waals surface area contributed by atoms with Gasteiger partial charge in [0.1, 0.15) is 0 Å². The van der Waals surface area contributed by atoms with Gasteiger partial charge in [-0.3, -0.25) is 0 Å². The summed E-state index contributed by atoms with van der Waals surface area (Å²) in [5.74, 6) is 7.89. The number of allylic oxidation sites excluding steroid dienone is 3. The van der Waals surface area contributed by atoms with Crippen LogP contribution < -0.4 is 5.84 Å². The molecule has 10 heavy (non-hydrogen) atoms. The van der Waals surface area contributed by atoms with E-state index in [0.717, 1.165) is 11.3 Å². The predicted molar refractivity (Wildman–Crippen MR) is 43.7 cm³/mol. The van der Waals surface area contributed by atoms with Crippen molar-refractivity contribution in [3.05, 3.63) is 23.9 Å². The molecular weight excluding hydrogens is 124 g/mol. The van der Waals surface area contributed by atoms with Crippen molar-refractivity contribution in [2.75, 3.05) is 7.05 Å². The summed E-state index contributed by atoms with van der Waals surface area (Å²) in [7, 11) is 1.73. The topological polar surface area (TPSA) is 29.3 Å². The SMILES string of the molecule is C#C/C(C=C)=C(\C)N(C)N. The highest BCUT2D eigenvalue weighted by atomic mass is 15.4. The number of nitrogens with zero attached hydrogens (tertiary/aromatic N) is 1. The Morgan fingerprint density at radius 1 is 1.80 bits per heavy atom. The van der Waals surface area contributed by atoms with Gasteiger partial charge in [-0.25, -0.2) is 5.84 Å². The molecule has 0 aromatic heterocycles. The van der Waals surface area contributed by atoms with E-state index in [1.165, 1.54) is 5.01 Å². The maximum absolute atomic E-state index is 5.42. The smallest absolute Gasteiger partial charge is 0.0439 e. The maximum atomic E-state index is 5.42. The van der Waals surface area contributed by atoms with Crippen LogP contribution in [0.2, 0.25) is 0 Å². The Bertz CT molecular complexity index is 194. The maximum Gasteiger partial charge on any atom is 0.0439 e. The summed E-state index contributed by atoms with van der Waals surface area (Å²) in [6.45, 7) is 5.40. The summed E-state index contributed by atoms with van der Waals surface area (Å²) < 4.78 is 0. The van der Waals surface area contributed by atoms with E-state index in [1.54, 1.807) is 13.1 Å². The van der Waals surface area contributed by atoms with Gasteiger partial charge in [-0.1, -0.05) is 18.6 Å². The Hall–Kier alpha value is -1.20. The molecule has 0 rings (SSSR count). The van der Waals surface area contributed by atoms with Gasteiger partial charge >= 0.3 is 0 Å². The molecule has 0 fully saturated rings. The first kappa shape index (κ1) is 8.80. The van der Waals surface area contributed by atoms with E-state index in [1.807, 2.05) is 6.92 Å². The highest BCUT2D eigenvalue weighted by Crippen LogP contribution is 2.03. The normalized spacial score (nSPS) is 11.4. The molecule has 54 valence electrons. The minimum atomic E-state index is 0.727. The van der Waals surface area contributed by atoms with Gasteiger partial charge < -0.3 is 5.01 Å². The molecular formula is C8H12N2. The highest BCUT2D eigenvalue weighted by molar-refractivity contribution is 5.37. The molecule has 0 amide bonds. The van der Waals surface area contributed by atoms with Crippen LogP contribution >= 0.6 is 0 Å². The van der Waals surface area contributed by atoms with Crippen molar-refractivity contribution >= 4 is 0 Å². The van der Waals surface area contributed by atoms with E-state index in [2.05, 4.69) is 12.5 Å². The summed E-state index contributed by atoms with van der Waals surface area (Å²) in [4.78, 5) is 0. The monoisotopic (exact) mass is 136 g/mol. The fraction of sp³-hybridized carbons (Fsp3) is 0.250. The van der Waals surface area contributed by atoms with Gasteiger partial charge in [0.15, 0.2) is 0 Å². The molecule has 0 spiro atoms. The molecule has 0 aliphatic rings. The van der Waals surface area contributed by atoms with Crippen LogP contribution in [0.1, 0.15) is 6.92 Å². The summed E-state index contributed by atoms with van der Waals surface area (Å²) in [6.07, 6.45) is 6.77. The molecule has 0 aliphatic heterocycles. The zero-order valence-electron chi connectivity index (χ0n) is 6.39. The summed E-state index contributed by atoms with van der Waals surface area (Å²) in [6, 6.07) is 0. The molecule has 0 bridgehead atoms. The van der Waals surface area contributed by atoms with Crippen LogP contribution in [0.25, 0.3) is 0 Å². The van der Waals surface area contributed by atoms with Gasteiger partial charge in [-0.2, -0.15) is 0 Å². The van der Waals surface area contributed by atoms with E-state index >= 15 is 0 Å². The number of rotatable bonds is 2.